The average Bonchev–Trinajstić information content (AvgIpc) is 2.49. The summed E-state index contributed by atoms with van der Waals surface area (Å²) in [7, 11) is 5.94. The summed E-state index contributed by atoms with van der Waals surface area (Å²) in [6.45, 7) is 7.61. The quantitative estimate of drug-likeness (QED) is 0.380. The van der Waals surface area contributed by atoms with Gasteiger partial charge >= 0.3 is 0 Å². The van der Waals surface area contributed by atoms with Gasteiger partial charge in [0, 0.05) is 26.2 Å². The fraction of sp³-hybridized carbons (Fsp3) is 0.611. The van der Waals surface area contributed by atoms with Crippen LogP contribution in [0, 0.1) is 18.7 Å². The second kappa shape index (κ2) is 11.6. The van der Waals surface area contributed by atoms with Gasteiger partial charge in [0.05, 0.1) is 0 Å². The second-order valence-corrected chi connectivity index (χ2v) is 6.64. The minimum Gasteiger partial charge on any atom is -0.355 e. The fourth-order valence-corrected chi connectivity index (χ4v) is 2.39. The minimum absolute atomic E-state index is 0. The molecule has 4 nitrogen and oxygen atoms in total. The van der Waals surface area contributed by atoms with Crippen molar-refractivity contribution in [3.63, 3.8) is 0 Å². The van der Waals surface area contributed by atoms with Crippen molar-refractivity contribution in [3.8, 4) is 0 Å². The molecule has 1 atom stereocenters. The van der Waals surface area contributed by atoms with E-state index < -0.39 is 0 Å². The summed E-state index contributed by atoms with van der Waals surface area (Å²) < 4.78 is 13.6. The Kier molecular flexibility index (Phi) is 11.2. The molecule has 0 heterocycles. The van der Waals surface area contributed by atoms with Crippen LogP contribution in [-0.2, 0) is 6.54 Å². The Morgan fingerprint density at radius 1 is 1.25 bits per heavy atom. The zero-order valence-corrected chi connectivity index (χ0v) is 18.0. The van der Waals surface area contributed by atoms with Crippen molar-refractivity contribution in [3.05, 3.63) is 35.1 Å². The predicted octanol–water partition coefficient (Wildman–Crippen LogP) is 3.39. The second-order valence-electron chi connectivity index (χ2n) is 6.64. The molecule has 1 rings (SSSR count). The van der Waals surface area contributed by atoms with E-state index >= 15 is 0 Å². The summed E-state index contributed by atoms with van der Waals surface area (Å²) in [5, 5.41) is 6.59. The molecule has 6 heteroatoms. The van der Waals surface area contributed by atoms with Crippen LogP contribution in [0.4, 0.5) is 4.39 Å². The van der Waals surface area contributed by atoms with Crippen molar-refractivity contribution < 1.29 is 4.39 Å². The molecular weight excluding hydrogens is 418 g/mol. The number of hydrogen-bond donors (Lipinski definition) is 2. The third-order valence-electron chi connectivity index (χ3n) is 3.90. The number of benzene rings is 1. The lowest BCUT2D eigenvalue weighted by atomic mass is 10.0. The number of halogens is 2. The molecule has 0 fully saturated rings. The molecule has 0 spiro atoms. The molecular formula is C18H32FIN4. The highest BCUT2D eigenvalue weighted by atomic mass is 127. The molecule has 1 aromatic rings. The van der Waals surface area contributed by atoms with Gasteiger partial charge in [0.1, 0.15) is 5.82 Å². The Hall–Kier alpha value is -0.890. The van der Waals surface area contributed by atoms with E-state index in [1.807, 2.05) is 6.07 Å². The van der Waals surface area contributed by atoms with Crippen molar-refractivity contribution in [2.75, 3.05) is 27.7 Å². The van der Waals surface area contributed by atoms with Gasteiger partial charge in [0.25, 0.3) is 0 Å². The van der Waals surface area contributed by atoms with Gasteiger partial charge in [-0.1, -0.05) is 26.0 Å². The van der Waals surface area contributed by atoms with Crippen LogP contribution in [0.25, 0.3) is 0 Å². The summed E-state index contributed by atoms with van der Waals surface area (Å²) >= 11 is 0. The van der Waals surface area contributed by atoms with Gasteiger partial charge in [0.2, 0.25) is 0 Å². The van der Waals surface area contributed by atoms with Crippen molar-refractivity contribution in [2.24, 2.45) is 10.9 Å². The Morgan fingerprint density at radius 2 is 1.92 bits per heavy atom. The predicted molar refractivity (Wildman–Crippen MR) is 112 cm³/mol. The number of nitrogens with one attached hydrogen (secondary N) is 2. The number of likely N-dealkylation sites (N-methyl/N-ethyl adjacent to an activating group) is 1. The zero-order valence-electron chi connectivity index (χ0n) is 15.7. The van der Waals surface area contributed by atoms with E-state index in [-0.39, 0.29) is 29.8 Å². The van der Waals surface area contributed by atoms with Gasteiger partial charge < -0.3 is 15.5 Å². The number of aliphatic imine (C=N–C) groups is 1. The minimum atomic E-state index is -0.170. The van der Waals surface area contributed by atoms with Gasteiger partial charge in [-0.05, 0) is 50.6 Å². The number of rotatable bonds is 7. The summed E-state index contributed by atoms with van der Waals surface area (Å²) in [6, 6.07) is 5.75. The largest absolute Gasteiger partial charge is 0.355 e. The van der Waals surface area contributed by atoms with E-state index in [1.165, 1.54) is 0 Å². The maximum atomic E-state index is 13.6. The lowest BCUT2D eigenvalue weighted by Crippen LogP contribution is -2.45. The van der Waals surface area contributed by atoms with Crippen molar-refractivity contribution in [1.82, 2.24) is 15.5 Å². The van der Waals surface area contributed by atoms with Crippen LogP contribution in [0.2, 0.25) is 0 Å². The molecule has 0 aliphatic rings. The molecule has 0 saturated heterocycles. The van der Waals surface area contributed by atoms with Crippen molar-refractivity contribution >= 4 is 29.9 Å². The summed E-state index contributed by atoms with van der Waals surface area (Å²) in [5.74, 6) is 1.22. The van der Waals surface area contributed by atoms with Gasteiger partial charge in [-0.2, -0.15) is 0 Å². The number of nitrogens with zero attached hydrogens (tertiary/aromatic N) is 2. The smallest absolute Gasteiger partial charge is 0.191 e. The molecule has 1 aromatic carbocycles. The average molecular weight is 450 g/mol. The SMILES string of the molecule is CN=C(NCc1ccc(C)c(F)c1)NCC(CC(C)C)N(C)C.I. The van der Waals surface area contributed by atoms with Gasteiger partial charge in [-0.25, -0.2) is 4.39 Å². The first-order valence-corrected chi connectivity index (χ1v) is 8.19. The number of hydrogen-bond acceptors (Lipinski definition) is 2. The first-order chi connectivity index (χ1) is 10.8. The van der Waals surface area contributed by atoms with Crippen molar-refractivity contribution in [1.29, 1.82) is 0 Å². The zero-order chi connectivity index (χ0) is 17.4. The van der Waals surface area contributed by atoms with Crippen LogP contribution in [0.3, 0.4) is 0 Å². The lowest BCUT2D eigenvalue weighted by Gasteiger charge is -2.27. The molecule has 0 aliphatic heterocycles. The van der Waals surface area contributed by atoms with Gasteiger partial charge in [-0.15, -0.1) is 24.0 Å². The summed E-state index contributed by atoms with van der Waals surface area (Å²) in [6.07, 6.45) is 1.13. The van der Waals surface area contributed by atoms with E-state index in [2.05, 4.69) is 48.5 Å². The molecule has 0 aliphatic carbocycles. The van der Waals surface area contributed by atoms with E-state index in [0.29, 0.717) is 24.1 Å². The number of guanidine groups is 1. The standard InChI is InChI=1S/C18H31FN4.HI/c1-13(2)9-16(23(5)6)12-22-18(20-4)21-11-15-8-7-14(3)17(19)10-15;/h7-8,10,13,16H,9,11-12H2,1-6H3,(H2,20,21,22);1H. The maximum Gasteiger partial charge on any atom is 0.191 e. The van der Waals surface area contributed by atoms with E-state index in [4.69, 9.17) is 0 Å². The molecule has 138 valence electrons. The van der Waals surface area contributed by atoms with Crippen LogP contribution in [0.1, 0.15) is 31.4 Å². The van der Waals surface area contributed by atoms with Gasteiger partial charge in [-0.3, -0.25) is 4.99 Å². The Bertz CT molecular complexity index is 518. The summed E-state index contributed by atoms with van der Waals surface area (Å²) in [5.41, 5.74) is 1.57. The number of aryl methyl sites for hydroxylation is 1. The lowest BCUT2D eigenvalue weighted by molar-refractivity contribution is 0.254. The molecule has 0 amide bonds. The molecule has 1 unspecified atom stereocenters. The van der Waals surface area contributed by atoms with E-state index in [0.717, 1.165) is 24.5 Å². The fourth-order valence-electron chi connectivity index (χ4n) is 2.39. The molecule has 0 aromatic heterocycles. The maximum absolute atomic E-state index is 13.6. The first-order valence-electron chi connectivity index (χ1n) is 8.19. The third-order valence-corrected chi connectivity index (χ3v) is 3.90. The van der Waals surface area contributed by atoms with Crippen LogP contribution in [-0.4, -0.2) is 44.6 Å². The monoisotopic (exact) mass is 450 g/mol. The van der Waals surface area contributed by atoms with E-state index in [1.54, 1.807) is 26.1 Å². The summed E-state index contributed by atoms with van der Waals surface area (Å²) in [4.78, 5) is 6.47. The van der Waals surface area contributed by atoms with Gasteiger partial charge in [0.15, 0.2) is 5.96 Å². The van der Waals surface area contributed by atoms with Crippen LogP contribution >= 0.6 is 24.0 Å². The third kappa shape index (κ3) is 8.28. The highest BCUT2D eigenvalue weighted by Crippen LogP contribution is 2.09. The molecule has 24 heavy (non-hydrogen) atoms. The van der Waals surface area contributed by atoms with Crippen LogP contribution < -0.4 is 10.6 Å². The Labute approximate surface area is 163 Å². The molecule has 0 saturated carbocycles. The Balaban J connectivity index is 0.00000529. The van der Waals surface area contributed by atoms with Crippen LogP contribution in [0.15, 0.2) is 23.2 Å². The van der Waals surface area contributed by atoms with Crippen LogP contribution in [0.5, 0.6) is 0 Å². The molecule has 0 radical (unpaired) electrons. The molecule has 0 bridgehead atoms. The highest BCUT2D eigenvalue weighted by Gasteiger charge is 2.13. The topological polar surface area (TPSA) is 39.7 Å². The molecule has 2 N–H and O–H groups in total. The first kappa shape index (κ1) is 23.1. The van der Waals surface area contributed by atoms with Crippen molar-refractivity contribution in [2.45, 2.75) is 39.8 Å². The highest BCUT2D eigenvalue weighted by molar-refractivity contribution is 14.0. The normalized spacial score (nSPS) is 13.0. The van der Waals surface area contributed by atoms with E-state index in [9.17, 15) is 4.39 Å². The Morgan fingerprint density at radius 3 is 2.42 bits per heavy atom.